The predicted octanol–water partition coefficient (Wildman–Crippen LogP) is 0.733. The van der Waals surface area contributed by atoms with E-state index in [-0.39, 0.29) is 0 Å². The topological polar surface area (TPSA) is 92.9 Å². The molecule has 0 saturated heterocycles. The Labute approximate surface area is 119 Å². The summed E-state index contributed by atoms with van der Waals surface area (Å²) >= 11 is 0. The van der Waals surface area contributed by atoms with E-state index < -0.39 is 27.8 Å². The first-order valence-electron chi connectivity index (χ1n) is 6.23. The number of hydrogen-bond acceptors (Lipinski definition) is 5. The molecule has 112 valence electrons. The van der Waals surface area contributed by atoms with Gasteiger partial charge >= 0.3 is 0 Å². The van der Waals surface area contributed by atoms with Crippen molar-refractivity contribution in [1.82, 2.24) is 4.31 Å². The summed E-state index contributed by atoms with van der Waals surface area (Å²) in [5.41, 5.74) is 5.93. The first-order valence-corrected chi connectivity index (χ1v) is 8.08. The number of ether oxygens (including phenoxy) is 1. The minimum Gasteiger partial charge on any atom is -0.485 e. The number of aliphatic hydroxyl groups is 1. The summed E-state index contributed by atoms with van der Waals surface area (Å²) < 4.78 is 30.6. The van der Waals surface area contributed by atoms with Crippen molar-refractivity contribution < 1.29 is 18.3 Å². The Balaban J connectivity index is 2.62. The summed E-state index contributed by atoms with van der Waals surface area (Å²) in [4.78, 5) is 0. The quantitative estimate of drug-likeness (QED) is 0.786. The molecule has 1 aromatic carbocycles. The van der Waals surface area contributed by atoms with E-state index in [0.717, 1.165) is 10.6 Å². The van der Waals surface area contributed by atoms with Crippen molar-refractivity contribution in [2.24, 2.45) is 0 Å². The van der Waals surface area contributed by atoms with Crippen LogP contribution < -0.4 is 10.5 Å². The average molecular weight is 300 g/mol. The van der Waals surface area contributed by atoms with Crippen LogP contribution >= 0.6 is 0 Å². The fourth-order valence-corrected chi connectivity index (χ4v) is 3.03. The van der Waals surface area contributed by atoms with Gasteiger partial charge in [0.15, 0.2) is 0 Å². The summed E-state index contributed by atoms with van der Waals surface area (Å²) in [6.07, 6.45) is 0.102. The summed E-state index contributed by atoms with van der Waals surface area (Å²) in [5.74, 6) is 0.537. The minimum atomic E-state index is -3.46. The molecular weight excluding hydrogens is 280 g/mol. The molecular formula is C13H20N2O4S. The van der Waals surface area contributed by atoms with Crippen molar-refractivity contribution in [2.45, 2.75) is 31.6 Å². The summed E-state index contributed by atoms with van der Waals surface area (Å²) in [5, 5.41) is 10.5. The number of hydrogen-bond donors (Lipinski definition) is 2. The maximum atomic E-state index is 11.8. The van der Waals surface area contributed by atoms with Crippen molar-refractivity contribution in [3.8, 4) is 5.75 Å². The Morgan fingerprint density at radius 3 is 2.55 bits per heavy atom. The normalized spacial score (nSPS) is 25.1. The lowest BCUT2D eigenvalue weighted by atomic mass is 9.86. The Kier molecular flexibility index (Phi) is 3.48. The first kappa shape index (κ1) is 15.1. The molecule has 2 unspecified atom stereocenters. The van der Waals surface area contributed by atoms with E-state index in [4.69, 9.17) is 10.5 Å². The number of fused-ring (bicyclic) bond motifs is 1. The third-order valence-electron chi connectivity index (χ3n) is 3.65. The Morgan fingerprint density at radius 1 is 1.40 bits per heavy atom. The van der Waals surface area contributed by atoms with Crippen LogP contribution in [0.25, 0.3) is 0 Å². The number of nitrogen functional groups attached to an aromatic ring is 1. The van der Waals surface area contributed by atoms with Crippen LogP contribution in [0.15, 0.2) is 18.2 Å². The molecule has 0 radical (unpaired) electrons. The van der Waals surface area contributed by atoms with Crippen molar-refractivity contribution >= 4 is 15.7 Å². The van der Waals surface area contributed by atoms with Crippen LogP contribution in [0.4, 0.5) is 5.69 Å². The number of anilines is 1. The average Bonchev–Trinajstić information content (AvgIpc) is 2.30. The maximum absolute atomic E-state index is 11.8. The molecule has 0 amide bonds. The van der Waals surface area contributed by atoms with Crippen LogP contribution in [0, 0.1) is 0 Å². The maximum Gasteiger partial charge on any atom is 0.211 e. The van der Waals surface area contributed by atoms with Gasteiger partial charge in [0, 0.05) is 18.3 Å². The molecule has 3 N–H and O–H groups in total. The molecule has 0 fully saturated rings. The van der Waals surface area contributed by atoms with Gasteiger partial charge in [-0.1, -0.05) is 0 Å². The summed E-state index contributed by atoms with van der Waals surface area (Å²) in [7, 11) is -2.02. The van der Waals surface area contributed by atoms with Gasteiger partial charge in [0.1, 0.15) is 17.5 Å². The molecule has 0 aromatic heterocycles. The molecule has 1 aromatic rings. The minimum absolute atomic E-state index is 0.492. The number of rotatable bonds is 2. The first-order chi connectivity index (χ1) is 9.04. The number of nitrogens with two attached hydrogens (primary N) is 1. The molecule has 0 aliphatic carbocycles. The largest absolute Gasteiger partial charge is 0.485 e. The standard InChI is InChI=1S/C13H20N2O4S/c1-13(2)12(16)11(15(3)20(4,17)18)9-7-8(14)5-6-10(9)19-13/h5-7,11-12,16H,14H2,1-4H3. The van der Waals surface area contributed by atoms with Gasteiger partial charge in [-0.25, -0.2) is 8.42 Å². The fourth-order valence-electron chi connectivity index (χ4n) is 2.39. The third-order valence-corrected chi connectivity index (χ3v) is 4.93. The molecule has 1 heterocycles. The van der Waals surface area contributed by atoms with Gasteiger partial charge in [-0.3, -0.25) is 0 Å². The smallest absolute Gasteiger partial charge is 0.211 e. The van der Waals surface area contributed by atoms with E-state index >= 15 is 0 Å². The van der Waals surface area contributed by atoms with Gasteiger partial charge in [-0.05, 0) is 32.0 Å². The summed E-state index contributed by atoms with van der Waals surface area (Å²) in [6, 6.07) is 4.29. The Morgan fingerprint density at radius 2 is 2.00 bits per heavy atom. The Hall–Kier alpha value is -1.31. The van der Waals surface area contributed by atoms with Gasteiger partial charge in [-0.15, -0.1) is 0 Å². The van der Waals surface area contributed by atoms with Gasteiger partial charge in [-0.2, -0.15) is 4.31 Å². The van der Waals surface area contributed by atoms with E-state index in [1.165, 1.54) is 7.05 Å². The van der Waals surface area contributed by atoms with Crippen LogP contribution in [0.5, 0.6) is 5.75 Å². The second-order valence-electron chi connectivity index (χ2n) is 5.67. The van der Waals surface area contributed by atoms with Crippen LogP contribution in [0.3, 0.4) is 0 Å². The summed E-state index contributed by atoms with van der Waals surface area (Å²) in [6.45, 7) is 3.44. The number of benzene rings is 1. The second-order valence-corrected chi connectivity index (χ2v) is 7.71. The third kappa shape index (κ3) is 2.48. The molecule has 1 aliphatic rings. The van der Waals surface area contributed by atoms with E-state index in [1.807, 2.05) is 0 Å². The monoisotopic (exact) mass is 300 g/mol. The van der Waals surface area contributed by atoms with Gasteiger partial charge in [0.05, 0.1) is 12.3 Å². The van der Waals surface area contributed by atoms with Crippen LogP contribution in [-0.2, 0) is 10.0 Å². The zero-order valence-corrected chi connectivity index (χ0v) is 12.8. The SMILES string of the molecule is CN(C1c2cc(N)ccc2OC(C)(C)C1O)S(C)(=O)=O. The van der Waals surface area contributed by atoms with Crippen molar-refractivity contribution in [1.29, 1.82) is 0 Å². The fraction of sp³-hybridized carbons (Fsp3) is 0.538. The van der Waals surface area contributed by atoms with Crippen LogP contribution in [0.2, 0.25) is 0 Å². The van der Waals surface area contributed by atoms with Crippen molar-refractivity contribution in [3.63, 3.8) is 0 Å². The molecule has 0 spiro atoms. The molecule has 7 heteroatoms. The lowest BCUT2D eigenvalue weighted by Gasteiger charge is -2.44. The van der Waals surface area contributed by atoms with Gasteiger partial charge in [0.25, 0.3) is 0 Å². The highest BCUT2D eigenvalue weighted by atomic mass is 32.2. The zero-order valence-electron chi connectivity index (χ0n) is 12.0. The molecule has 0 saturated carbocycles. The lowest BCUT2D eigenvalue weighted by Crippen LogP contribution is -2.53. The lowest BCUT2D eigenvalue weighted by molar-refractivity contribution is -0.0762. The Bertz CT molecular complexity index is 627. The van der Waals surface area contributed by atoms with E-state index in [9.17, 15) is 13.5 Å². The molecule has 20 heavy (non-hydrogen) atoms. The highest BCUT2D eigenvalue weighted by molar-refractivity contribution is 7.88. The molecule has 0 bridgehead atoms. The van der Waals surface area contributed by atoms with Crippen LogP contribution in [-0.4, -0.2) is 42.8 Å². The van der Waals surface area contributed by atoms with E-state index in [1.54, 1.807) is 32.0 Å². The molecule has 2 rings (SSSR count). The van der Waals surface area contributed by atoms with Crippen molar-refractivity contribution in [3.05, 3.63) is 23.8 Å². The molecule has 2 atom stereocenters. The van der Waals surface area contributed by atoms with Crippen molar-refractivity contribution in [2.75, 3.05) is 19.0 Å². The van der Waals surface area contributed by atoms with E-state index in [0.29, 0.717) is 17.0 Å². The van der Waals surface area contributed by atoms with Gasteiger partial charge < -0.3 is 15.6 Å². The predicted molar refractivity (Wildman–Crippen MR) is 76.9 cm³/mol. The number of aliphatic hydroxyl groups excluding tert-OH is 1. The number of sulfonamides is 1. The van der Waals surface area contributed by atoms with Crippen LogP contribution in [0.1, 0.15) is 25.5 Å². The molecule has 6 nitrogen and oxygen atoms in total. The molecule has 1 aliphatic heterocycles. The van der Waals surface area contributed by atoms with E-state index in [2.05, 4.69) is 0 Å². The number of likely N-dealkylation sites (N-methyl/N-ethyl adjacent to an activating group) is 1. The van der Waals surface area contributed by atoms with Gasteiger partial charge in [0.2, 0.25) is 10.0 Å². The highest BCUT2D eigenvalue weighted by Gasteiger charge is 2.46. The zero-order chi connectivity index (χ0) is 15.3. The second kappa shape index (κ2) is 4.61. The highest BCUT2D eigenvalue weighted by Crippen LogP contribution is 2.43. The number of nitrogens with zero attached hydrogens (tertiary/aromatic N) is 1.